The maximum Gasteiger partial charge on any atom is 0.208 e. The van der Waals surface area contributed by atoms with Crippen LogP contribution < -0.4 is 5.73 Å². The Morgan fingerprint density at radius 2 is 1.68 bits per heavy atom. The molecule has 0 amide bonds. The summed E-state index contributed by atoms with van der Waals surface area (Å²) in [6, 6.07) is 10.7. The normalized spacial score (nSPS) is 15.5. The van der Waals surface area contributed by atoms with Crippen molar-refractivity contribution in [3.63, 3.8) is 0 Å². The molecular formula is C15H13ClN2O3S. The van der Waals surface area contributed by atoms with Crippen LogP contribution in [0, 0.1) is 0 Å². The molecule has 1 aliphatic rings. The van der Waals surface area contributed by atoms with Gasteiger partial charge in [0.05, 0.1) is 9.79 Å². The summed E-state index contributed by atoms with van der Waals surface area (Å²) >= 11 is 0. The van der Waals surface area contributed by atoms with Crippen molar-refractivity contribution in [3.8, 4) is 0 Å². The third kappa shape index (κ3) is 2.20. The van der Waals surface area contributed by atoms with Crippen LogP contribution in [0.25, 0.3) is 0 Å². The van der Waals surface area contributed by atoms with Crippen molar-refractivity contribution < 1.29 is 13.2 Å². The van der Waals surface area contributed by atoms with Gasteiger partial charge in [-0.2, -0.15) is 0 Å². The summed E-state index contributed by atoms with van der Waals surface area (Å²) in [4.78, 5) is 16.3. The summed E-state index contributed by atoms with van der Waals surface area (Å²) < 4.78 is 25.3. The highest BCUT2D eigenvalue weighted by Crippen LogP contribution is 2.34. The molecule has 3 rings (SSSR count). The van der Waals surface area contributed by atoms with Crippen LogP contribution in [0.3, 0.4) is 0 Å². The molecule has 114 valence electrons. The zero-order valence-corrected chi connectivity index (χ0v) is 13.2. The number of hydrogen-bond acceptors (Lipinski definition) is 4. The van der Waals surface area contributed by atoms with E-state index in [4.69, 9.17) is 5.73 Å². The number of benzene rings is 2. The Bertz CT molecular complexity index is 905. The van der Waals surface area contributed by atoms with Crippen LogP contribution in [0.15, 0.2) is 57.2 Å². The molecule has 0 saturated carbocycles. The van der Waals surface area contributed by atoms with Gasteiger partial charge in [0.25, 0.3) is 0 Å². The summed E-state index contributed by atoms with van der Waals surface area (Å²) in [5.41, 5.74) is 6.57. The minimum absolute atomic E-state index is 0. The number of nitrogens with zero attached hydrogens (tertiary/aromatic N) is 1. The van der Waals surface area contributed by atoms with Gasteiger partial charge in [-0.15, -0.1) is 12.4 Å². The van der Waals surface area contributed by atoms with E-state index in [-0.39, 0.29) is 44.9 Å². The van der Waals surface area contributed by atoms with Gasteiger partial charge in [0.1, 0.15) is 5.84 Å². The van der Waals surface area contributed by atoms with Crippen LogP contribution in [0.2, 0.25) is 0 Å². The summed E-state index contributed by atoms with van der Waals surface area (Å²) in [7, 11) is -2.21. The Morgan fingerprint density at radius 1 is 1.05 bits per heavy atom. The molecule has 0 aromatic heterocycles. The lowest BCUT2D eigenvalue weighted by atomic mass is 10.0. The smallest absolute Gasteiger partial charge is 0.208 e. The van der Waals surface area contributed by atoms with Gasteiger partial charge in [-0.05, 0) is 24.3 Å². The summed E-state index contributed by atoms with van der Waals surface area (Å²) in [5, 5.41) is 0. The molecule has 0 saturated heterocycles. The third-order valence-electron chi connectivity index (χ3n) is 3.47. The van der Waals surface area contributed by atoms with Gasteiger partial charge < -0.3 is 5.73 Å². The molecule has 1 aliphatic heterocycles. The number of fused-ring (bicyclic) bond motifs is 2. The van der Waals surface area contributed by atoms with E-state index in [0.717, 1.165) is 0 Å². The third-order valence-corrected chi connectivity index (χ3v) is 5.33. The van der Waals surface area contributed by atoms with Gasteiger partial charge in [-0.1, -0.05) is 18.2 Å². The van der Waals surface area contributed by atoms with E-state index in [1.165, 1.54) is 31.3 Å². The number of sulfone groups is 1. The van der Waals surface area contributed by atoms with E-state index in [1.807, 2.05) is 0 Å². The summed E-state index contributed by atoms with van der Waals surface area (Å²) in [6.45, 7) is 0. The average Bonchev–Trinajstić information content (AvgIpc) is 2.52. The first-order valence-electron chi connectivity index (χ1n) is 6.22. The van der Waals surface area contributed by atoms with Crippen molar-refractivity contribution in [1.82, 2.24) is 0 Å². The number of nitrogens with two attached hydrogens (primary N) is 1. The quantitative estimate of drug-likeness (QED) is 0.542. The lowest BCUT2D eigenvalue weighted by Crippen LogP contribution is -2.22. The second-order valence-corrected chi connectivity index (χ2v) is 6.54. The Hall–Kier alpha value is -2.18. The van der Waals surface area contributed by atoms with E-state index < -0.39 is 9.84 Å². The number of rotatable bonds is 1. The molecule has 0 aliphatic carbocycles. The molecule has 2 N–H and O–H groups in total. The lowest BCUT2D eigenvalue weighted by Gasteiger charge is -2.19. The van der Waals surface area contributed by atoms with Gasteiger partial charge in [0.15, 0.2) is 5.78 Å². The van der Waals surface area contributed by atoms with E-state index in [1.54, 1.807) is 18.2 Å². The van der Waals surface area contributed by atoms with Crippen LogP contribution in [0.5, 0.6) is 0 Å². The van der Waals surface area contributed by atoms with Crippen LogP contribution in [-0.4, -0.2) is 27.1 Å². The van der Waals surface area contributed by atoms with E-state index in [0.29, 0.717) is 5.56 Å². The zero-order valence-electron chi connectivity index (χ0n) is 11.6. The van der Waals surface area contributed by atoms with Gasteiger partial charge >= 0.3 is 0 Å². The number of carbonyl (C=O) groups excluding carboxylic acids is 1. The summed E-state index contributed by atoms with van der Waals surface area (Å²) in [6.07, 6.45) is 0. The first-order valence-corrected chi connectivity index (χ1v) is 7.70. The number of ketones is 1. The molecule has 2 aromatic carbocycles. The Kier molecular flexibility index (Phi) is 4.08. The van der Waals surface area contributed by atoms with Crippen molar-refractivity contribution in [1.29, 1.82) is 0 Å². The van der Waals surface area contributed by atoms with Gasteiger partial charge in [-0.3, -0.25) is 9.79 Å². The number of halogens is 1. The highest BCUT2D eigenvalue weighted by Gasteiger charge is 2.34. The Morgan fingerprint density at radius 3 is 2.36 bits per heavy atom. The van der Waals surface area contributed by atoms with Crippen LogP contribution in [-0.2, 0) is 9.84 Å². The van der Waals surface area contributed by atoms with E-state index in [9.17, 15) is 13.2 Å². The predicted octanol–water partition coefficient (Wildman–Crippen LogP) is 1.82. The molecule has 7 heteroatoms. The number of hydrogen-bond donors (Lipinski definition) is 1. The molecule has 22 heavy (non-hydrogen) atoms. The van der Waals surface area contributed by atoms with Crippen molar-refractivity contribution in [2.75, 3.05) is 7.05 Å². The van der Waals surface area contributed by atoms with Crippen molar-refractivity contribution in [3.05, 3.63) is 59.2 Å². The lowest BCUT2D eigenvalue weighted by molar-refractivity contribution is 0.103. The Labute approximate surface area is 134 Å². The minimum Gasteiger partial charge on any atom is -0.384 e. The second-order valence-electron chi connectivity index (χ2n) is 4.65. The second kappa shape index (κ2) is 5.55. The zero-order chi connectivity index (χ0) is 15.2. The molecule has 0 fully saturated rings. The van der Waals surface area contributed by atoms with Crippen LogP contribution >= 0.6 is 12.4 Å². The van der Waals surface area contributed by atoms with Crippen molar-refractivity contribution >= 4 is 33.9 Å². The molecule has 0 atom stereocenters. The maximum atomic E-state index is 12.7. The maximum absolute atomic E-state index is 12.7. The number of amidine groups is 1. The largest absolute Gasteiger partial charge is 0.384 e. The number of aliphatic imine (C=N–C) groups is 1. The van der Waals surface area contributed by atoms with E-state index >= 15 is 0 Å². The first kappa shape index (κ1) is 16.2. The topological polar surface area (TPSA) is 89.6 Å². The highest BCUT2D eigenvalue weighted by atomic mass is 35.5. The standard InChI is InChI=1S/C15H12N2O3S.ClH/c1-17-15(16)9-6-7-11-13(8-9)21(19,20)12-5-3-2-4-10(12)14(11)18;/h2-8H,1H3,(H2,16,17);1H. The van der Waals surface area contributed by atoms with Crippen LogP contribution in [0.1, 0.15) is 21.5 Å². The first-order chi connectivity index (χ1) is 9.96. The van der Waals surface area contributed by atoms with Gasteiger partial charge in [0.2, 0.25) is 9.84 Å². The number of carbonyl (C=O) groups is 1. The molecular weight excluding hydrogens is 324 g/mol. The fraction of sp³-hybridized carbons (Fsp3) is 0.0667. The SMILES string of the molecule is CN=C(N)c1ccc2c(c1)S(=O)(=O)c1ccccc1C2=O.Cl. The Balaban J connectivity index is 0.00000176. The van der Waals surface area contributed by atoms with Crippen LogP contribution in [0.4, 0.5) is 0 Å². The predicted molar refractivity (Wildman–Crippen MR) is 85.7 cm³/mol. The molecule has 0 radical (unpaired) electrons. The van der Waals surface area contributed by atoms with Gasteiger partial charge in [-0.25, -0.2) is 8.42 Å². The fourth-order valence-electron chi connectivity index (χ4n) is 2.37. The van der Waals surface area contributed by atoms with Crippen molar-refractivity contribution in [2.24, 2.45) is 10.7 Å². The highest BCUT2D eigenvalue weighted by molar-refractivity contribution is 7.91. The van der Waals surface area contributed by atoms with E-state index in [2.05, 4.69) is 4.99 Å². The summed E-state index contributed by atoms with van der Waals surface area (Å²) in [5.74, 6) is -0.0757. The fourth-order valence-corrected chi connectivity index (χ4v) is 4.05. The molecule has 5 nitrogen and oxygen atoms in total. The van der Waals surface area contributed by atoms with Gasteiger partial charge in [0, 0.05) is 23.7 Å². The minimum atomic E-state index is -3.73. The monoisotopic (exact) mass is 336 g/mol. The molecule has 0 bridgehead atoms. The van der Waals surface area contributed by atoms with Crippen molar-refractivity contribution in [2.45, 2.75) is 9.79 Å². The average molecular weight is 337 g/mol. The molecule has 2 aromatic rings. The molecule has 1 heterocycles. The molecule has 0 unspecified atom stereocenters. The molecule has 0 spiro atoms.